The van der Waals surface area contributed by atoms with E-state index >= 15 is 0 Å². The lowest BCUT2D eigenvalue weighted by Crippen LogP contribution is -2.40. The second-order valence-corrected chi connectivity index (χ2v) is 9.68. The van der Waals surface area contributed by atoms with E-state index < -0.39 is 18.0 Å². The zero-order valence-corrected chi connectivity index (χ0v) is 18.3. The molecule has 0 radical (unpaired) electrons. The first-order valence-electron chi connectivity index (χ1n) is 9.81. The standard InChI is InChI=1S/C20H28FN3O4S/c1-11-8-13(11)24-17(26)16-12(2)14(9-22-10-15(25)28-20(3,4)5)29-18(16)23(7-6-21)19(24)27/h11,13,22H,6-10H2,1-5H3/t11-,13-/m0/s1. The molecule has 0 aromatic carbocycles. The molecule has 1 saturated carbocycles. The summed E-state index contributed by atoms with van der Waals surface area (Å²) in [6.07, 6.45) is 0.782. The number of aryl methyl sites for hydroxylation is 2. The number of esters is 1. The van der Waals surface area contributed by atoms with Crippen molar-refractivity contribution in [2.24, 2.45) is 5.92 Å². The van der Waals surface area contributed by atoms with Crippen LogP contribution in [0.25, 0.3) is 10.2 Å². The predicted octanol–water partition coefficient (Wildman–Crippen LogP) is 2.51. The van der Waals surface area contributed by atoms with E-state index in [0.29, 0.717) is 16.8 Å². The van der Waals surface area contributed by atoms with Crippen LogP contribution in [0.5, 0.6) is 0 Å². The van der Waals surface area contributed by atoms with Crippen LogP contribution in [0, 0.1) is 12.8 Å². The average Bonchev–Trinajstić information content (AvgIpc) is 3.21. The smallest absolute Gasteiger partial charge is 0.332 e. The van der Waals surface area contributed by atoms with Gasteiger partial charge in [-0.25, -0.2) is 9.18 Å². The van der Waals surface area contributed by atoms with Crippen LogP contribution in [-0.2, 0) is 22.6 Å². The summed E-state index contributed by atoms with van der Waals surface area (Å²) < 4.78 is 21.1. The molecule has 0 bridgehead atoms. The number of nitrogens with one attached hydrogen (secondary N) is 1. The molecule has 0 amide bonds. The highest BCUT2D eigenvalue weighted by Crippen LogP contribution is 2.41. The highest BCUT2D eigenvalue weighted by molar-refractivity contribution is 7.18. The molecular formula is C20H28FN3O4S. The van der Waals surface area contributed by atoms with Crippen molar-refractivity contribution in [1.82, 2.24) is 14.5 Å². The summed E-state index contributed by atoms with van der Waals surface area (Å²) >= 11 is 1.29. The van der Waals surface area contributed by atoms with Gasteiger partial charge >= 0.3 is 11.7 Å². The van der Waals surface area contributed by atoms with Crippen LogP contribution in [0.4, 0.5) is 4.39 Å². The summed E-state index contributed by atoms with van der Waals surface area (Å²) in [7, 11) is 0. The number of carbonyl (C=O) groups is 1. The van der Waals surface area contributed by atoms with E-state index in [0.717, 1.165) is 16.9 Å². The zero-order chi connectivity index (χ0) is 21.5. The number of carbonyl (C=O) groups excluding carboxylic acids is 1. The monoisotopic (exact) mass is 425 g/mol. The molecule has 3 rings (SSSR count). The van der Waals surface area contributed by atoms with E-state index in [-0.39, 0.29) is 36.6 Å². The van der Waals surface area contributed by atoms with Crippen LogP contribution in [0.2, 0.25) is 0 Å². The van der Waals surface area contributed by atoms with Crippen molar-refractivity contribution in [3.8, 4) is 0 Å². The molecule has 0 spiro atoms. The van der Waals surface area contributed by atoms with Gasteiger partial charge < -0.3 is 10.1 Å². The van der Waals surface area contributed by atoms with Crippen molar-refractivity contribution in [3.05, 3.63) is 31.3 Å². The molecule has 1 aliphatic carbocycles. The minimum atomic E-state index is -0.684. The number of rotatable bonds is 7. The van der Waals surface area contributed by atoms with E-state index in [1.165, 1.54) is 20.5 Å². The normalized spacial score (nSPS) is 19.0. The summed E-state index contributed by atoms with van der Waals surface area (Å²) in [6, 6.07) is -0.113. The van der Waals surface area contributed by atoms with Crippen molar-refractivity contribution in [2.75, 3.05) is 13.2 Å². The number of ether oxygens (including phenoxy) is 1. The van der Waals surface area contributed by atoms with E-state index in [2.05, 4.69) is 5.32 Å². The van der Waals surface area contributed by atoms with Crippen LogP contribution >= 0.6 is 11.3 Å². The Hall–Kier alpha value is -2.00. The number of thiophene rings is 1. The Morgan fingerprint density at radius 1 is 1.34 bits per heavy atom. The molecular weight excluding hydrogens is 397 g/mol. The number of hydrogen-bond acceptors (Lipinski definition) is 6. The van der Waals surface area contributed by atoms with Crippen LogP contribution < -0.4 is 16.6 Å². The van der Waals surface area contributed by atoms with Gasteiger partial charge in [-0.2, -0.15) is 0 Å². The lowest BCUT2D eigenvalue weighted by molar-refractivity contribution is -0.153. The number of hydrogen-bond donors (Lipinski definition) is 1. The first kappa shape index (κ1) is 21.7. The molecule has 2 aromatic rings. The average molecular weight is 426 g/mol. The first-order chi connectivity index (χ1) is 13.5. The number of fused-ring (bicyclic) bond motifs is 1. The largest absolute Gasteiger partial charge is 0.459 e. The fourth-order valence-corrected chi connectivity index (χ4v) is 4.76. The van der Waals surface area contributed by atoms with Gasteiger partial charge in [0.2, 0.25) is 0 Å². The fourth-order valence-electron chi connectivity index (χ4n) is 3.47. The predicted molar refractivity (Wildman–Crippen MR) is 111 cm³/mol. The van der Waals surface area contributed by atoms with Crippen molar-refractivity contribution >= 4 is 27.5 Å². The van der Waals surface area contributed by atoms with Crippen LogP contribution in [0.1, 0.15) is 50.6 Å². The Bertz CT molecular complexity index is 1050. The maximum absolute atomic E-state index is 13.1. The molecule has 9 heteroatoms. The topological polar surface area (TPSA) is 82.3 Å². The van der Waals surface area contributed by atoms with Crippen LogP contribution in [-0.4, -0.2) is 33.9 Å². The molecule has 160 valence electrons. The van der Waals surface area contributed by atoms with Gasteiger partial charge in [0, 0.05) is 17.5 Å². The van der Waals surface area contributed by atoms with Gasteiger partial charge in [-0.1, -0.05) is 6.92 Å². The van der Waals surface area contributed by atoms with E-state index in [4.69, 9.17) is 4.74 Å². The van der Waals surface area contributed by atoms with Gasteiger partial charge in [0.15, 0.2) is 0 Å². The number of aromatic nitrogens is 2. The number of nitrogens with zero attached hydrogens (tertiary/aromatic N) is 2. The third-order valence-electron chi connectivity index (χ3n) is 5.02. The SMILES string of the molecule is Cc1c(CNCC(=O)OC(C)(C)C)sc2c1c(=O)n([C@H]1C[C@@H]1C)c(=O)n2CCF. The van der Waals surface area contributed by atoms with Gasteiger partial charge in [-0.05, 0) is 45.6 Å². The molecule has 1 aliphatic rings. The number of halogens is 1. The Kier molecular flexibility index (Phi) is 6.01. The quantitative estimate of drug-likeness (QED) is 0.690. The molecule has 0 aliphatic heterocycles. The molecule has 0 unspecified atom stereocenters. The summed E-state index contributed by atoms with van der Waals surface area (Å²) in [5.41, 5.74) is -0.535. The van der Waals surface area contributed by atoms with Crippen molar-refractivity contribution in [2.45, 2.75) is 65.8 Å². The Labute approximate surface area is 172 Å². The van der Waals surface area contributed by atoms with Gasteiger partial charge in [-0.15, -0.1) is 11.3 Å². The summed E-state index contributed by atoms with van der Waals surface area (Å²) in [5.74, 6) is -0.0961. The summed E-state index contributed by atoms with van der Waals surface area (Å²) in [4.78, 5) is 39.2. The van der Waals surface area contributed by atoms with Gasteiger partial charge in [0.05, 0.1) is 18.5 Å². The lowest BCUT2D eigenvalue weighted by atomic mass is 10.2. The Balaban J connectivity index is 1.93. The van der Waals surface area contributed by atoms with Crippen LogP contribution in [0.3, 0.4) is 0 Å². The zero-order valence-electron chi connectivity index (χ0n) is 17.5. The van der Waals surface area contributed by atoms with Crippen molar-refractivity contribution in [3.63, 3.8) is 0 Å². The van der Waals surface area contributed by atoms with Crippen molar-refractivity contribution < 1.29 is 13.9 Å². The third kappa shape index (κ3) is 4.45. The second kappa shape index (κ2) is 8.02. The van der Waals surface area contributed by atoms with Crippen LogP contribution in [0.15, 0.2) is 9.59 Å². The van der Waals surface area contributed by atoms with Gasteiger partial charge in [0.25, 0.3) is 5.56 Å². The molecule has 2 atom stereocenters. The van der Waals surface area contributed by atoms with E-state index in [1.807, 2.05) is 13.8 Å². The third-order valence-corrected chi connectivity index (χ3v) is 6.34. The fraction of sp³-hybridized carbons (Fsp3) is 0.650. The molecule has 0 saturated heterocycles. The second-order valence-electron chi connectivity index (χ2n) is 8.60. The Morgan fingerprint density at radius 2 is 2.00 bits per heavy atom. The lowest BCUT2D eigenvalue weighted by Gasteiger charge is -2.19. The maximum Gasteiger partial charge on any atom is 0.332 e. The maximum atomic E-state index is 13.1. The number of alkyl halides is 1. The van der Waals surface area contributed by atoms with Gasteiger partial charge in [0.1, 0.15) is 17.1 Å². The Morgan fingerprint density at radius 3 is 2.55 bits per heavy atom. The minimum absolute atomic E-state index is 0.0338. The molecule has 1 fully saturated rings. The summed E-state index contributed by atoms with van der Waals surface area (Å²) in [5, 5.41) is 3.50. The van der Waals surface area contributed by atoms with E-state index in [9.17, 15) is 18.8 Å². The molecule has 2 aromatic heterocycles. The van der Waals surface area contributed by atoms with Crippen molar-refractivity contribution in [1.29, 1.82) is 0 Å². The first-order valence-corrected chi connectivity index (χ1v) is 10.6. The molecule has 29 heavy (non-hydrogen) atoms. The highest BCUT2D eigenvalue weighted by Gasteiger charge is 2.38. The van der Waals surface area contributed by atoms with E-state index in [1.54, 1.807) is 20.8 Å². The summed E-state index contributed by atoms with van der Waals surface area (Å²) in [6.45, 7) is 8.85. The molecule has 7 nitrogen and oxygen atoms in total. The minimum Gasteiger partial charge on any atom is -0.459 e. The van der Waals surface area contributed by atoms with Gasteiger partial charge in [-0.3, -0.25) is 18.7 Å². The molecule has 2 heterocycles. The molecule has 1 N–H and O–H groups in total. The highest BCUT2D eigenvalue weighted by atomic mass is 32.1.